The molecule has 0 saturated heterocycles. The molecule has 0 aliphatic carbocycles. The lowest BCUT2D eigenvalue weighted by Gasteiger charge is -2.00. The van der Waals surface area contributed by atoms with Gasteiger partial charge in [-0.15, -0.1) is 0 Å². The fraction of sp³-hybridized carbons (Fsp3) is 0.957. The zero-order valence-corrected chi connectivity index (χ0v) is 17.8. The first-order chi connectivity index (χ1) is 12.2. The van der Waals surface area contributed by atoms with Gasteiger partial charge in [-0.25, -0.2) is 0 Å². The first-order valence-corrected chi connectivity index (χ1v) is 11.4. The maximum Gasteiger partial charge on any atom is 0.303 e. The van der Waals surface area contributed by atoms with Gasteiger partial charge in [-0.2, -0.15) is 0 Å². The van der Waals surface area contributed by atoms with Crippen molar-refractivity contribution in [2.24, 2.45) is 0 Å². The molecule has 0 aromatic heterocycles. The zero-order valence-electron chi connectivity index (χ0n) is 17.8. The third kappa shape index (κ3) is 31.7. The van der Waals surface area contributed by atoms with Gasteiger partial charge in [-0.05, 0) is 6.42 Å². The van der Waals surface area contributed by atoms with Gasteiger partial charge in [0.2, 0.25) is 0 Å². The van der Waals surface area contributed by atoms with E-state index in [1.54, 1.807) is 0 Å². The topological polar surface area (TPSA) is 37.3 Å². The Labute approximate surface area is 159 Å². The van der Waals surface area contributed by atoms with Crippen LogP contribution in [0, 0.1) is 0 Å². The Morgan fingerprint density at radius 3 is 0.960 bits per heavy atom. The van der Waals surface area contributed by atoms with Gasteiger partial charge in [-0.3, -0.25) is 4.79 Å². The van der Waals surface area contributed by atoms with E-state index in [-0.39, 0.29) is 0 Å². The van der Waals surface area contributed by atoms with E-state index in [2.05, 4.69) is 20.8 Å². The Kier molecular flexibility index (Phi) is 27.5. The van der Waals surface area contributed by atoms with Crippen LogP contribution in [0.15, 0.2) is 0 Å². The molecular formula is C23H48O2. The Morgan fingerprint density at radius 2 is 0.720 bits per heavy atom. The summed E-state index contributed by atoms with van der Waals surface area (Å²) >= 11 is 0. The van der Waals surface area contributed by atoms with Gasteiger partial charge < -0.3 is 5.11 Å². The summed E-state index contributed by atoms with van der Waals surface area (Å²) < 4.78 is 0. The molecule has 25 heavy (non-hydrogen) atoms. The van der Waals surface area contributed by atoms with E-state index in [4.69, 9.17) is 5.11 Å². The minimum atomic E-state index is -0.659. The second-order valence-electron chi connectivity index (χ2n) is 7.45. The summed E-state index contributed by atoms with van der Waals surface area (Å²) in [6, 6.07) is 0. The van der Waals surface area contributed by atoms with Gasteiger partial charge in [-0.1, -0.05) is 130 Å². The van der Waals surface area contributed by atoms with Gasteiger partial charge >= 0.3 is 5.97 Å². The van der Waals surface area contributed by atoms with Crippen molar-refractivity contribution in [1.82, 2.24) is 0 Å². The van der Waals surface area contributed by atoms with Gasteiger partial charge in [0.05, 0.1) is 0 Å². The maximum absolute atomic E-state index is 10.2. The van der Waals surface area contributed by atoms with Crippen molar-refractivity contribution >= 4 is 5.97 Å². The molecule has 0 fully saturated rings. The molecule has 0 aliphatic heterocycles. The van der Waals surface area contributed by atoms with Crippen LogP contribution < -0.4 is 0 Å². The predicted molar refractivity (Wildman–Crippen MR) is 112 cm³/mol. The molecular weight excluding hydrogens is 308 g/mol. The van der Waals surface area contributed by atoms with Gasteiger partial charge in [0.15, 0.2) is 0 Å². The summed E-state index contributed by atoms with van der Waals surface area (Å²) in [6.45, 7) is 6.78. The molecule has 0 amide bonds. The summed E-state index contributed by atoms with van der Waals surface area (Å²) in [5, 5.41) is 8.41. The summed E-state index contributed by atoms with van der Waals surface area (Å²) in [6.07, 6.45) is 24.4. The molecule has 0 aliphatic rings. The van der Waals surface area contributed by atoms with Crippen LogP contribution in [0.5, 0.6) is 0 Å². The SMILES string of the molecule is CCCCCCCCCCC.CCCCCCCCCCCC(=O)O. The highest BCUT2D eigenvalue weighted by atomic mass is 16.4. The minimum absolute atomic E-state index is 0.343. The minimum Gasteiger partial charge on any atom is -0.481 e. The molecule has 2 nitrogen and oxygen atoms in total. The van der Waals surface area contributed by atoms with Gasteiger partial charge in [0.25, 0.3) is 0 Å². The number of rotatable bonds is 18. The number of carboxylic acids is 1. The fourth-order valence-electron chi connectivity index (χ4n) is 2.97. The lowest BCUT2D eigenvalue weighted by Crippen LogP contribution is -1.93. The second kappa shape index (κ2) is 25.7. The summed E-state index contributed by atoms with van der Waals surface area (Å²) in [5.74, 6) is -0.659. The normalized spacial score (nSPS) is 10.4. The fourth-order valence-corrected chi connectivity index (χ4v) is 2.97. The lowest BCUT2D eigenvalue weighted by atomic mass is 10.1. The first kappa shape index (κ1) is 26.7. The van der Waals surface area contributed by atoms with Crippen LogP contribution in [-0.2, 0) is 4.79 Å². The van der Waals surface area contributed by atoms with Crippen molar-refractivity contribution in [2.75, 3.05) is 0 Å². The van der Waals surface area contributed by atoms with Crippen molar-refractivity contribution in [2.45, 2.75) is 143 Å². The highest BCUT2D eigenvalue weighted by Gasteiger charge is 1.96. The summed E-state index contributed by atoms with van der Waals surface area (Å²) in [4.78, 5) is 10.2. The molecule has 0 bridgehead atoms. The number of carboxylic acid groups (broad SMARTS) is 1. The standard InChI is InChI=1S/C12H24O2.C11H24/c1-2-3-4-5-6-7-8-9-10-11-12(13)14;1-3-5-7-9-11-10-8-6-4-2/h2-11H2,1H3,(H,13,14);3-11H2,1-2H3. The van der Waals surface area contributed by atoms with Crippen LogP contribution in [0.4, 0.5) is 0 Å². The van der Waals surface area contributed by atoms with E-state index in [1.807, 2.05) is 0 Å². The highest BCUT2D eigenvalue weighted by Crippen LogP contribution is 2.10. The van der Waals surface area contributed by atoms with Crippen LogP contribution in [0.1, 0.15) is 143 Å². The summed E-state index contributed by atoms with van der Waals surface area (Å²) in [7, 11) is 0. The van der Waals surface area contributed by atoms with Crippen molar-refractivity contribution in [3.63, 3.8) is 0 Å². The molecule has 0 rings (SSSR count). The molecule has 1 N–H and O–H groups in total. The first-order valence-electron chi connectivity index (χ1n) is 11.4. The van der Waals surface area contributed by atoms with Crippen LogP contribution in [-0.4, -0.2) is 11.1 Å². The van der Waals surface area contributed by atoms with E-state index < -0.39 is 5.97 Å². The molecule has 0 heterocycles. The Bertz CT molecular complexity index is 230. The third-order valence-electron chi connectivity index (χ3n) is 4.70. The average molecular weight is 357 g/mol. The number of carbonyl (C=O) groups is 1. The maximum atomic E-state index is 10.2. The molecule has 152 valence electrons. The van der Waals surface area contributed by atoms with Crippen LogP contribution in [0.3, 0.4) is 0 Å². The Balaban J connectivity index is 0. The largest absolute Gasteiger partial charge is 0.481 e. The predicted octanol–water partition coefficient (Wildman–Crippen LogP) is 8.53. The zero-order chi connectivity index (χ0) is 19.0. The van der Waals surface area contributed by atoms with E-state index in [9.17, 15) is 4.79 Å². The van der Waals surface area contributed by atoms with Crippen LogP contribution in [0.2, 0.25) is 0 Å². The number of unbranched alkanes of at least 4 members (excludes halogenated alkanes) is 16. The quantitative estimate of drug-likeness (QED) is 0.250. The van der Waals surface area contributed by atoms with E-state index >= 15 is 0 Å². The average Bonchev–Trinajstić information content (AvgIpc) is 2.60. The van der Waals surface area contributed by atoms with Crippen molar-refractivity contribution in [3.8, 4) is 0 Å². The second-order valence-corrected chi connectivity index (χ2v) is 7.45. The molecule has 0 saturated carbocycles. The molecule has 2 heteroatoms. The summed E-state index contributed by atoms with van der Waals surface area (Å²) in [5.41, 5.74) is 0. The van der Waals surface area contributed by atoms with Gasteiger partial charge in [0.1, 0.15) is 0 Å². The number of aliphatic carboxylic acids is 1. The third-order valence-corrected chi connectivity index (χ3v) is 4.70. The molecule has 0 aromatic carbocycles. The van der Waals surface area contributed by atoms with E-state index in [0.29, 0.717) is 6.42 Å². The van der Waals surface area contributed by atoms with Crippen molar-refractivity contribution < 1.29 is 9.90 Å². The molecule has 0 spiro atoms. The monoisotopic (exact) mass is 356 g/mol. The van der Waals surface area contributed by atoms with E-state index in [1.165, 1.54) is 103 Å². The van der Waals surface area contributed by atoms with E-state index in [0.717, 1.165) is 12.8 Å². The smallest absolute Gasteiger partial charge is 0.303 e. The van der Waals surface area contributed by atoms with Crippen LogP contribution >= 0.6 is 0 Å². The number of hydrogen-bond acceptors (Lipinski definition) is 1. The van der Waals surface area contributed by atoms with Crippen molar-refractivity contribution in [1.29, 1.82) is 0 Å². The van der Waals surface area contributed by atoms with Crippen molar-refractivity contribution in [3.05, 3.63) is 0 Å². The molecule has 0 radical (unpaired) electrons. The number of hydrogen-bond donors (Lipinski definition) is 1. The molecule has 0 atom stereocenters. The van der Waals surface area contributed by atoms with Gasteiger partial charge in [0, 0.05) is 6.42 Å². The Morgan fingerprint density at radius 1 is 0.480 bits per heavy atom. The molecule has 0 unspecified atom stereocenters. The Hall–Kier alpha value is -0.530. The molecule has 0 aromatic rings. The highest BCUT2D eigenvalue weighted by molar-refractivity contribution is 5.66. The van der Waals surface area contributed by atoms with Crippen LogP contribution in [0.25, 0.3) is 0 Å². The lowest BCUT2D eigenvalue weighted by molar-refractivity contribution is -0.137.